The molecule has 0 heterocycles. The van der Waals surface area contributed by atoms with Crippen molar-refractivity contribution in [3.8, 4) is 0 Å². The molecule has 1 aromatic carbocycles. The summed E-state index contributed by atoms with van der Waals surface area (Å²) >= 11 is 0. The largest absolute Gasteiger partial charge is 0.310 e. The average Bonchev–Trinajstić information content (AvgIpc) is 2.42. The predicted molar refractivity (Wildman–Crippen MR) is 78.9 cm³/mol. The maximum atomic E-state index is 13.8. The number of hydrogen-bond acceptors (Lipinski definition) is 1. The Bertz CT molecular complexity index is 398. The predicted octanol–water partition coefficient (Wildman–Crippen LogP) is 4.67. The van der Waals surface area contributed by atoms with Crippen molar-refractivity contribution in [2.45, 2.75) is 58.9 Å². The van der Waals surface area contributed by atoms with Crippen LogP contribution >= 0.6 is 0 Å². The summed E-state index contributed by atoms with van der Waals surface area (Å²) in [6.07, 6.45) is 6.65. The molecule has 0 spiro atoms. The second kappa shape index (κ2) is 6.51. The van der Waals surface area contributed by atoms with E-state index in [4.69, 9.17) is 0 Å². The first-order valence-corrected chi connectivity index (χ1v) is 7.63. The van der Waals surface area contributed by atoms with Gasteiger partial charge in [-0.05, 0) is 55.8 Å². The van der Waals surface area contributed by atoms with Crippen molar-refractivity contribution in [2.75, 3.05) is 6.54 Å². The number of halogens is 1. The average molecular weight is 263 g/mol. The van der Waals surface area contributed by atoms with Crippen LogP contribution in [0.5, 0.6) is 0 Å². The van der Waals surface area contributed by atoms with Crippen LogP contribution in [0.2, 0.25) is 0 Å². The molecule has 1 aromatic rings. The summed E-state index contributed by atoms with van der Waals surface area (Å²) < 4.78 is 13.8. The van der Waals surface area contributed by atoms with Gasteiger partial charge in [-0.3, -0.25) is 0 Å². The summed E-state index contributed by atoms with van der Waals surface area (Å²) in [6.45, 7) is 6.86. The molecule has 1 saturated carbocycles. The van der Waals surface area contributed by atoms with Gasteiger partial charge in [0.15, 0.2) is 0 Å². The van der Waals surface area contributed by atoms with Crippen LogP contribution in [0.25, 0.3) is 0 Å². The fourth-order valence-electron chi connectivity index (χ4n) is 3.40. The lowest BCUT2D eigenvalue weighted by atomic mass is 9.80. The fourth-order valence-corrected chi connectivity index (χ4v) is 3.40. The quantitative estimate of drug-likeness (QED) is 0.832. The summed E-state index contributed by atoms with van der Waals surface area (Å²) in [4.78, 5) is 0. The normalized spacial score (nSPS) is 18.5. The van der Waals surface area contributed by atoms with Gasteiger partial charge < -0.3 is 5.32 Å². The third-order valence-electron chi connectivity index (χ3n) is 4.36. The van der Waals surface area contributed by atoms with E-state index in [2.05, 4.69) is 12.2 Å². The highest BCUT2D eigenvalue weighted by Crippen LogP contribution is 2.35. The van der Waals surface area contributed by atoms with Gasteiger partial charge in [0.1, 0.15) is 5.82 Å². The Morgan fingerprint density at radius 2 is 1.74 bits per heavy atom. The van der Waals surface area contributed by atoms with Gasteiger partial charge in [0, 0.05) is 6.04 Å². The van der Waals surface area contributed by atoms with Gasteiger partial charge in [0.05, 0.1) is 0 Å². The molecule has 0 amide bonds. The smallest absolute Gasteiger partial charge is 0.129 e. The molecule has 0 bridgehead atoms. The van der Waals surface area contributed by atoms with E-state index in [0.29, 0.717) is 12.0 Å². The number of benzene rings is 1. The first-order valence-electron chi connectivity index (χ1n) is 7.63. The molecule has 1 aliphatic carbocycles. The Labute approximate surface area is 116 Å². The number of hydrogen-bond donors (Lipinski definition) is 1. The molecule has 1 atom stereocenters. The lowest BCUT2D eigenvalue weighted by molar-refractivity contribution is 0.274. The Balaban J connectivity index is 2.27. The van der Waals surface area contributed by atoms with Gasteiger partial charge in [0.2, 0.25) is 0 Å². The fraction of sp³-hybridized carbons (Fsp3) is 0.647. The maximum Gasteiger partial charge on any atom is 0.129 e. The Morgan fingerprint density at radius 1 is 1.16 bits per heavy atom. The molecule has 19 heavy (non-hydrogen) atoms. The number of aryl methyl sites for hydroxylation is 2. The van der Waals surface area contributed by atoms with Gasteiger partial charge in [-0.15, -0.1) is 0 Å². The van der Waals surface area contributed by atoms with Crippen molar-refractivity contribution in [3.05, 3.63) is 34.6 Å². The molecule has 2 rings (SSSR count). The topological polar surface area (TPSA) is 12.0 Å². The van der Waals surface area contributed by atoms with Crippen molar-refractivity contribution >= 4 is 0 Å². The van der Waals surface area contributed by atoms with Crippen LogP contribution in [0.4, 0.5) is 4.39 Å². The molecular weight excluding hydrogens is 237 g/mol. The molecule has 1 N–H and O–H groups in total. The van der Waals surface area contributed by atoms with Crippen molar-refractivity contribution in [3.63, 3.8) is 0 Å². The van der Waals surface area contributed by atoms with Crippen molar-refractivity contribution < 1.29 is 4.39 Å². The number of rotatable bonds is 4. The summed E-state index contributed by atoms with van der Waals surface area (Å²) in [5.74, 6) is 0.653. The molecule has 1 aliphatic rings. The molecule has 1 unspecified atom stereocenters. The lowest BCUT2D eigenvalue weighted by Crippen LogP contribution is -2.29. The monoisotopic (exact) mass is 263 g/mol. The van der Waals surface area contributed by atoms with E-state index in [1.165, 1.54) is 37.7 Å². The Morgan fingerprint density at radius 3 is 2.26 bits per heavy atom. The highest BCUT2D eigenvalue weighted by atomic mass is 19.1. The van der Waals surface area contributed by atoms with Gasteiger partial charge in [0.25, 0.3) is 0 Å². The summed E-state index contributed by atoms with van der Waals surface area (Å²) in [5.41, 5.74) is 2.81. The van der Waals surface area contributed by atoms with Crippen LogP contribution in [-0.4, -0.2) is 6.54 Å². The molecule has 2 heteroatoms. The van der Waals surface area contributed by atoms with Crippen LogP contribution in [0.1, 0.15) is 61.8 Å². The van der Waals surface area contributed by atoms with Crippen LogP contribution in [0, 0.1) is 25.6 Å². The van der Waals surface area contributed by atoms with E-state index >= 15 is 0 Å². The SMILES string of the molecule is CCNC(c1cc(C)c(F)c(C)c1)C1CCCCC1. The number of nitrogens with one attached hydrogen (secondary N) is 1. The van der Waals surface area contributed by atoms with E-state index in [9.17, 15) is 4.39 Å². The highest BCUT2D eigenvalue weighted by Gasteiger charge is 2.25. The molecule has 1 nitrogen and oxygen atoms in total. The summed E-state index contributed by atoms with van der Waals surface area (Å²) in [7, 11) is 0. The zero-order chi connectivity index (χ0) is 13.8. The van der Waals surface area contributed by atoms with Crippen molar-refractivity contribution in [2.24, 2.45) is 5.92 Å². The van der Waals surface area contributed by atoms with Gasteiger partial charge >= 0.3 is 0 Å². The van der Waals surface area contributed by atoms with Gasteiger partial charge in [-0.2, -0.15) is 0 Å². The van der Waals surface area contributed by atoms with Crippen LogP contribution in [0.15, 0.2) is 12.1 Å². The minimum atomic E-state index is -0.0531. The lowest BCUT2D eigenvalue weighted by Gasteiger charge is -2.31. The molecular formula is C17H26FN. The van der Waals surface area contributed by atoms with E-state index in [1.807, 2.05) is 26.0 Å². The highest BCUT2D eigenvalue weighted by molar-refractivity contribution is 5.32. The second-order valence-corrected chi connectivity index (χ2v) is 5.90. The second-order valence-electron chi connectivity index (χ2n) is 5.90. The Hall–Kier alpha value is -0.890. The van der Waals surface area contributed by atoms with Crippen molar-refractivity contribution in [1.29, 1.82) is 0 Å². The summed E-state index contributed by atoms with van der Waals surface area (Å²) in [6, 6.07) is 4.46. The zero-order valence-corrected chi connectivity index (χ0v) is 12.4. The third-order valence-corrected chi connectivity index (χ3v) is 4.36. The summed E-state index contributed by atoms with van der Waals surface area (Å²) in [5, 5.41) is 3.62. The van der Waals surface area contributed by atoms with E-state index < -0.39 is 0 Å². The zero-order valence-electron chi connectivity index (χ0n) is 12.4. The van der Waals surface area contributed by atoms with E-state index in [1.54, 1.807) is 0 Å². The molecule has 106 valence electrons. The van der Waals surface area contributed by atoms with Crippen molar-refractivity contribution in [1.82, 2.24) is 5.32 Å². The molecule has 0 saturated heterocycles. The van der Waals surface area contributed by atoms with Crippen LogP contribution < -0.4 is 5.32 Å². The minimum absolute atomic E-state index is 0.0531. The standard InChI is InChI=1S/C17H26FN/c1-4-19-17(14-8-6-5-7-9-14)15-10-12(2)16(18)13(3)11-15/h10-11,14,17,19H,4-9H2,1-3H3. The first-order chi connectivity index (χ1) is 9.13. The van der Waals surface area contributed by atoms with E-state index in [-0.39, 0.29) is 5.82 Å². The first kappa shape index (κ1) is 14.5. The van der Waals surface area contributed by atoms with Crippen LogP contribution in [0.3, 0.4) is 0 Å². The molecule has 0 aliphatic heterocycles. The molecule has 0 aromatic heterocycles. The minimum Gasteiger partial charge on any atom is -0.310 e. The van der Waals surface area contributed by atoms with Crippen LogP contribution in [-0.2, 0) is 0 Å². The molecule has 1 fully saturated rings. The molecule has 0 radical (unpaired) electrons. The maximum absolute atomic E-state index is 13.8. The Kier molecular flexibility index (Phi) is 4.98. The van der Waals surface area contributed by atoms with Gasteiger partial charge in [-0.25, -0.2) is 4.39 Å². The van der Waals surface area contributed by atoms with E-state index in [0.717, 1.165) is 17.7 Å². The van der Waals surface area contributed by atoms with Gasteiger partial charge in [-0.1, -0.05) is 38.3 Å². The third kappa shape index (κ3) is 3.36.